The quantitative estimate of drug-likeness (QED) is 0.487. The molecule has 9 nitrogen and oxygen atoms in total. The van der Waals surface area contributed by atoms with E-state index in [0.29, 0.717) is 8.54 Å². The van der Waals surface area contributed by atoms with Gasteiger partial charge < -0.3 is 0 Å². The normalized spacial score (nSPS) is 11.4. The zero-order valence-corrected chi connectivity index (χ0v) is 15.7. The molecule has 2 aromatic carbocycles. The summed E-state index contributed by atoms with van der Waals surface area (Å²) in [6, 6.07) is 9.80. The van der Waals surface area contributed by atoms with Gasteiger partial charge in [-0.05, 0) is 32.0 Å². The van der Waals surface area contributed by atoms with Crippen LogP contribution >= 0.6 is 0 Å². The first-order chi connectivity index (χ1) is 13.1. The van der Waals surface area contributed by atoms with Gasteiger partial charge in [0.25, 0.3) is 21.6 Å². The monoisotopic (exact) mass is 401 g/mol. The molecule has 3 rings (SSSR count). The summed E-state index contributed by atoms with van der Waals surface area (Å²) in [7, 11) is -4.19. The van der Waals surface area contributed by atoms with Crippen molar-refractivity contribution < 1.29 is 18.1 Å². The van der Waals surface area contributed by atoms with Gasteiger partial charge in [-0.25, -0.2) is 17.8 Å². The molecule has 0 fully saturated rings. The van der Waals surface area contributed by atoms with Gasteiger partial charge in [-0.3, -0.25) is 14.9 Å². The zero-order valence-electron chi connectivity index (χ0n) is 14.9. The van der Waals surface area contributed by atoms with E-state index < -0.39 is 26.5 Å². The lowest BCUT2D eigenvalue weighted by molar-refractivity contribution is -0.385. The van der Waals surface area contributed by atoms with Crippen LogP contribution in [0.25, 0.3) is 0 Å². The molecular formula is C18H15N3O6S. The molecule has 0 aliphatic rings. The van der Waals surface area contributed by atoms with Crippen molar-refractivity contribution in [2.45, 2.75) is 18.7 Å². The average molecular weight is 401 g/mol. The SMILES string of the molecule is Cc1ccc(S(=O)(=O)n2ccn(C(=O)c3cccc([N+](=O)[O-])c3C)c2=O)cc1. The molecule has 1 aromatic heterocycles. The molecule has 0 saturated heterocycles. The van der Waals surface area contributed by atoms with Gasteiger partial charge in [-0.15, -0.1) is 0 Å². The molecule has 0 atom stereocenters. The Balaban J connectivity index is 2.08. The Bertz CT molecular complexity index is 1250. The summed E-state index contributed by atoms with van der Waals surface area (Å²) in [5, 5.41) is 11.1. The van der Waals surface area contributed by atoms with Crippen LogP contribution < -0.4 is 5.69 Å². The van der Waals surface area contributed by atoms with Gasteiger partial charge in [0.05, 0.1) is 15.4 Å². The number of carbonyl (C=O) groups is 1. The molecule has 0 amide bonds. The molecule has 10 heteroatoms. The van der Waals surface area contributed by atoms with E-state index >= 15 is 0 Å². The second-order valence-corrected chi connectivity index (χ2v) is 7.89. The van der Waals surface area contributed by atoms with Crippen LogP contribution in [-0.4, -0.2) is 27.8 Å². The van der Waals surface area contributed by atoms with Gasteiger partial charge in [0, 0.05) is 24.0 Å². The molecule has 144 valence electrons. The smallest absolute Gasteiger partial charge is 0.268 e. The maximum Gasteiger partial charge on any atom is 0.349 e. The number of benzene rings is 2. The minimum Gasteiger partial charge on any atom is -0.268 e. The van der Waals surface area contributed by atoms with E-state index in [1.54, 1.807) is 19.1 Å². The van der Waals surface area contributed by atoms with E-state index in [4.69, 9.17) is 0 Å². The molecular weight excluding hydrogens is 386 g/mol. The number of nitro benzene ring substituents is 1. The topological polar surface area (TPSA) is 121 Å². The molecule has 0 aliphatic heterocycles. The third-order valence-electron chi connectivity index (χ3n) is 4.27. The van der Waals surface area contributed by atoms with Crippen molar-refractivity contribution in [3.8, 4) is 0 Å². The Morgan fingerprint density at radius 2 is 1.68 bits per heavy atom. The van der Waals surface area contributed by atoms with Gasteiger partial charge in [0.1, 0.15) is 0 Å². The highest BCUT2D eigenvalue weighted by Gasteiger charge is 2.25. The van der Waals surface area contributed by atoms with Crippen molar-refractivity contribution in [2.75, 3.05) is 0 Å². The first kappa shape index (κ1) is 19.2. The van der Waals surface area contributed by atoms with Gasteiger partial charge in [0.2, 0.25) is 0 Å². The Kier molecular flexibility index (Phi) is 4.73. The van der Waals surface area contributed by atoms with Crippen LogP contribution in [0.5, 0.6) is 0 Å². The Hall–Kier alpha value is -3.53. The molecule has 0 unspecified atom stereocenters. The van der Waals surface area contributed by atoms with Crippen molar-refractivity contribution in [1.29, 1.82) is 0 Å². The number of rotatable bonds is 4. The number of nitrogens with zero attached hydrogens (tertiary/aromatic N) is 3. The average Bonchev–Trinajstić information content (AvgIpc) is 3.03. The van der Waals surface area contributed by atoms with Crippen LogP contribution in [0.1, 0.15) is 21.5 Å². The molecule has 1 heterocycles. The molecule has 0 bridgehead atoms. The number of hydrogen-bond acceptors (Lipinski definition) is 6. The molecule has 0 saturated carbocycles. The lowest BCUT2D eigenvalue weighted by Crippen LogP contribution is -2.33. The summed E-state index contributed by atoms with van der Waals surface area (Å²) in [6.07, 6.45) is 2.00. The summed E-state index contributed by atoms with van der Waals surface area (Å²) < 4.78 is 26.5. The zero-order chi connectivity index (χ0) is 20.6. The third-order valence-corrected chi connectivity index (χ3v) is 5.94. The maximum absolute atomic E-state index is 12.7. The highest BCUT2D eigenvalue weighted by molar-refractivity contribution is 7.90. The van der Waals surface area contributed by atoms with E-state index in [2.05, 4.69) is 0 Å². The van der Waals surface area contributed by atoms with E-state index in [1.165, 1.54) is 37.3 Å². The van der Waals surface area contributed by atoms with Gasteiger partial charge in [-0.2, -0.15) is 3.97 Å². The van der Waals surface area contributed by atoms with Gasteiger partial charge >= 0.3 is 5.69 Å². The van der Waals surface area contributed by atoms with Gasteiger partial charge in [-0.1, -0.05) is 23.8 Å². The van der Waals surface area contributed by atoms with Crippen molar-refractivity contribution in [3.63, 3.8) is 0 Å². The van der Waals surface area contributed by atoms with Crippen LogP contribution in [0, 0.1) is 24.0 Å². The molecule has 28 heavy (non-hydrogen) atoms. The van der Waals surface area contributed by atoms with Crippen LogP contribution in [0.2, 0.25) is 0 Å². The highest BCUT2D eigenvalue weighted by Crippen LogP contribution is 2.21. The fourth-order valence-corrected chi connectivity index (χ4v) is 3.92. The minimum absolute atomic E-state index is 0.0678. The lowest BCUT2D eigenvalue weighted by atomic mass is 10.1. The van der Waals surface area contributed by atoms with Crippen molar-refractivity contribution in [1.82, 2.24) is 8.54 Å². The second kappa shape index (κ2) is 6.89. The van der Waals surface area contributed by atoms with Crippen LogP contribution in [0.3, 0.4) is 0 Å². The van der Waals surface area contributed by atoms with Crippen LogP contribution in [0.4, 0.5) is 5.69 Å². The first-order valence-electron chi connectivity index (χ1n) is 8.05. The van der Waals surface area contributed by atoms with Crippen molar-refractivity contribution >= 4 is 21.6 Å². The number of hydrogen-bond donors (Lipinski definition) is 0. The number of carbonyl (C=O) groups excluding carboxylic acids is 1. The predicted molar refractivity (Wildman–Crippen MR) is 100 cm³/mol. The third kappa shape index (κ3) is 3.14. The summed E-state index contributed by atoms with van der Waals surface area (Å²) in [4.78, 5) is 35.6. The predicted octanol–water partition coefficient (Wildman–Crippen LogP) is 2.10. The summed E-state index contributed by atoms with van der Waals surface area (Å²) in [5.74, 6) is -0.857. The Morgan fingerprint density at radius 1 is 1.04 bits per heavy atom. The van der Waals surface area contributed by atoms with E-state index in [9.17, 15) is 28.1 Å². The van der Waals surface area contributed by atoms with Crippen molar-refractivity contribution in [2.24, 2.45) is 0 Å². The van der Waals surface area contributed by atoms with Crippen molar-refractivity contribution in [3.05, 3.63) is 92.1 Å². The first-order valence-corrected chi connectivity index (χ1v) is 9.49. The number of imidazole rings is 1. The fourth-order valence-electron chi connectivity index (χ4n) is 2.70. The second-order valence-electron chi connectivity index (χ2n) is 6.08. The minimum atomic E-state index is -4.19. The standard InChI is InChI=1S/C18H15N3O6S/c1-12-6-8-14(9-7-12)28(26,27)20-11-10-19(18(20)23)17(22)15-4-3-5-16(13(15)2)21(24)25/h3-11H,1-2H3. The van der Waals surface area contributed by atoms with Crippen LogP contribution in [-0.2, 0) is 10.0 Å². The number of aryl methyl sites for hydroxylation is 1. The lowest BCUT2D eigenvalue weighted by Gasteiger charge is -2.06. The molecule has 0 spiro atoms. The van der Waals surface area contributed by atoms with E-state index in [-0.39, 0.29) is 21.7 Å². The summed E-state index contributed by atoms with van der Waals surface area (Å²) in [5.41, 5.74) is -0.498. The largest absolute Gasteiger partial charge is 0.349 e. The Labute approximate surface area is 159 Å². The summed E-state index contributed by atoms with van der Waals surface area (Å²) >= 11 is 0. The van der Waals surface area contributed by atoms with E-state index in [0.717, 1.165) is 18.0 Å². The molecule has 0 N–H and O–H groups in total. The van der Waals surface area contributed by atoms with Crippen LogP contribution in [0.15, 0.2) is 64.5 Å². The highest BCUT2D eigenvalue weighted by atomic mass is 32.2. The summed E-state index contributed by atoms with van der Waals surface area (Å²) in [6.45, 7) is 3.18. The Morgan fingerprint density at radius 3 is 2.29 bits per heavy atom. The maximum atomic E-state index is 12.7. The van der Waals surface area contributed by atoms with E-state index in [1.807, 2.05) is 0 Å². The number of nitro groups is 1. The van der Waals surface area contributed by atoms with Gasteiger partial charge in [0.15, 0.2) is 0 Å². The molecule has 3 aromatic rings. The molecule has 0 aliphatic carbocycles. The molecule has 0 radical (unpaired) electrons. The number of aromatic nitrogens is 2. The fraction of sp³-hybridized carbons (Fsp3) is 0.111.